The standard InChI is InChI=1S/C16H25NO2S/c1-13(2)12-17-7-3-4-10-20-14-5-6-15-16(11-14)19-9-8-18-15/h5-6,11,13,17H,3-4,7-10,12H2,1-2H3. The topological polar surface area (TPSA) is 30.5 Å². The van der Waals surface area contributed by atoms with Gasteiger partial charge < -0.3 is 14.8 Å². The first-order valence-electron chi connectivity index (χ1n) is 7.49. The summed E-state index contributed by atoms with van der Waals surface area (Å²) >= 11 is 1.89. The van der Waals surface area contributed by atoms with Crippen LogP contribution in [0.25, 0.3) is 0 Å². The van der Waals surface area contributed by atoms with E-state index in [9.17, 15) is 0 Å². The third kappa shape index (κ3) is 5.25. The summed E-state index contributed by atoms with van der Waals surface area (Å²) < 4.78 is 11.1. The van der Waals surface area contributed by atoms with E-state index in [1.165, 1.54) is 17.7 Å². The van der Waals surface area contributed by atoms with Gasteiger partial charge in [-0.1, -0.05) is 13.8 Å². The highest BCUT2D eigenvalue weighted by molar-refractivity contribution is 7.99. The number of rotatable bonds is 8. The molecule has 1 aromatic carbocycles. The van der Waals surface area contributed by atoms with Gasteiger partial charge in [-0.3, -0.25) is 0 Å². The van der Waals surface area contributed by atoms with Crippen LogP contribution in [0.15, 0.2) is 23.1 Å². The number of benzene rings is 1. The van der Waals surface area contributed by atoms with Crippen LogP contribution < -0.4 is 14.8 Å². The fourth-order valence-corrected chi connectivity index (χ4v) is 2.99. The maximum Gasteiger partial charge on any atom is 0.162 e. The van der Waals surface area contributed by atoms with Crippen molar-refractivity contribution in [2.75, 3.05) is 32.1 Å². The van der Waals surface area contributed by atoms with Gasteiger partial charge in [0.25, 0.3) is 0 Å². The minimum absolute atomic E-state index is 0.655. The third-order valence-corrected chi connectivity index (χ3v) is 4.16. The largest absolute Gasteiger partial charge is 0.486 e. The van der Waals surface area contributed by atoms with Crippen molar-refractivity contribution in [1.82, 2.24) is 5.32 Å². The Balaban J connectivity index is 1.62. The minimum Gasteiger partial charge on any atom is -0.486 e. The summed E-state index contributed by atoms with van der Waals surface area (Å²) in [5, 5.41) is 3.48. The molecule has 1 N–H and O–H groups in total. The summed E-state index contributed by atoms with van der Waals surface area (Å²) in [5.41, 5.74) is 0. The molecular weight excluding hydrogens is 270 g/mol. The number of unbranched alkanes of at least 4 members (excludes halogenated alkanes) is 1. The van der Waals surface area contributed by atoms with Gasteiger partial charge >= 0.3 is 0 Å². The molecular formula is C16H25NO2S. The lowest BCUT2D eigenvalue weighted by Gasteiger charge is -2.18. The molecule has 1 aromatic rings. The monoisotopic (exact) mass is 295 g/mol. The predicted molar refractivity (Wildman–Crippen MR) is 85.1 cm³/mol. The molecule has 0 bridgehead atoms. The van der Waals surface area contributed by atoms with E-state index in [4.69, 9.17) is 9.47 Å². The van der Waals surface area contributed by atoms with E-state index in [0.29, 0.717) is 13.2 Å². The van der Waals surface area contributed by atoms with Crippen LogP contribution in [-0.2, 0) is 0 Å². The second kappa shape index (κ2) is 8.42. The molecule has 0 saturated carbocycles. The fourth-order valence-electron chi connectivity index (χ4n) is 2.05. The van der Waals surface area contributed by atoms with Gasteiger partial charge in [-0.05, 0) is 55.8 Å². The zero-order chi connectivity index (χ0) is 14.2. The SMILES string of the molecule is CC(C)CNCCCCSc1ccc2c(c1)OCCO2. The van der Waals surface area contributed by atoms with Crippen LogP contribution >= 0.6 is 11.8 Å². The van der Waals surface area contributed by atoms with E-state index in [1.54, 1.807) is 0 Å². The molecule has 0 spiro atoms. The first-order chi connectivity index (χ1) is 9.75. The molecule has 1 aliphatic heterocycles. The Labute approximate surface area is 126 Å². The second-order valence-electron chi connectivity index (χ2n) is 5.46. The van der Waals surface area contributed by atoms with E-state index in [2.05, 4.69) is 31.3 Å². The number of hydrogen-bond acceptors (Lipinski definition) is 4. The molecule has 3 nitrogen and oxygen atoms in total. The summed E-state index contributed by atoms with van der Waals surface area (Å²) in [6.07, 6.45) is 2.48. The lowest BCUT2D eigenvalue weighted by molar-refractivity contribution is 0.171. The van der Waals surface area contributed by atoms with Crippen LogP contribution in [0.3, 0.4) is 0 Å². The Morgan fingerprint density at radius 3 is 2.75 bits per heavy atom. The van der Waals surface area contributed by atoms with Crippen LogP contribution in [0.5, 0.6) is 11.5 Å². The van der Waals surface area contributed by atoms with Gasteiger partial charge in [0.1, 0.15) is 13.2 Å². The van der Waals surface area contributed by atoms with Gasteiger partial charge in [0.15, 0.2) is 11.5 Å². The van der Waals surface area contributed by atoms with E-state index in [0.717, 1.165) is 36.3 Å². The van der Waals surface area contributed by atoms with E-state index >= 15 is 0 Å². The van der Waals surface area contributed by atoms with Crippen molar-refractivity contribution < 1.29 is 9.47 Å². The van der Waals surface area contributed by atoms with Crippen LogP contribution in [0.2, 0.25) is 0 Å². The smallest absolute Gasteiger partial charge is 0.162 e. The molecule has 4 heteroatoms. The molecule has 20 heavy (non-hydrogen) atoms. The Hall–Kier alpha value is -0.870. The number of nitrogens with one attached hydrogen (secondary N) is 1. The minimum atomic E-state index is 0.655. The third-order valence-electron chi connectivity index (χ3n) is 3.08. The van der Waals surface area contributed by atoms with E-state index in [1.807, 2.05) is 17.8 Å². The highest BCUT2D eigenvalue weighted by Crippen LogP contribution is 2.34. The summed E-state index contributed by atoms with van der Waals surface area (Å²) in [4.78, 5) is 1.27. The lowest BCUT2D eigenvalue weighted by atomic mass is 10.2. The highest BCUT2D eigenvalue weighted by Gasteiger charge is 2.11. The van der Waals surface area contributed by atoms with Crippen molar-refractivity contribution in [1.29, 1.82) is 0 Å². The highest BCUT2D eigenvalue weighted by atomic mass is 32.2. The van der Waals surface area contributed by atoms with Crippen LogP contribution in [-0.4, -0.2) is 32.1 Å². The molecule has 1 aliphatic rings. The zero-order valence-electron chi connectivity index (χ0n) is 12.5. The molecule has 0 fully saturated rings. The van der Waals surface area contributed by atoms with Gasteiger partial charge in [-0.2, -0.15) is 0 Å². The lowest BCUT2D eigenvalue weighted by Crippen LogP contribution is -2.20. The Morgan fingerprint density at radius 2 is 1.95 bits per heavy atom. The molecule has 0 saturated heterocycles. The van der Waals surface area contributed by atoms with E-state index < -0.39 is 0 Å². The maximum atomic E-state index is 5.60. The molecule has 0 aliphatic carbocycles. The first-order valence-corrected chi connectivity index (χ1v) is 8.47. The number of hydrogen-bond donors (Lipinski definition) is 1. The van der Waals surface area contributed by atoms with Crippen molar-refractivity contribution in [3.63, 3.8) is 0 Å². The van der Waals surface area contributed by atoms with Gasteiger partial charge in [-0.25, -0.2) is 0 Å². The number of ether oxygens (including phenoxy) is 2. The normalized spacial score (nSPS) is 13.8. The Morgan fingerprint density at radius 1 is 1.15 bits per heavy atom. The van der Waals surface area contributed by atoms with Crippen molar-refractivity contribution in [2.24, 2.45) is 5.92 Å². The van der Waals surface area contributed by atoms with Gasteiger partial charge in [0.2, 0.25) is 0 Å². The maximum absolute atomic E-state index is 5.60. The summed E-state index contributed by atoms with van der Waals surface area (Å²) in [5.74, 6) is 3.66. The average Bonchev–Trinajstić information content (AvgIpc) is 2.46. The fraction of sp³-hybridized carbons (Fsp3) is 0.625. The predicted octanol–water partition coefficient (Wildman–Crippen LogP) is 3.58. The van der Waals surface area contributed by atoms with Crippen molar-refractivity contribution in [2.45, 2.75) is 31.6 Å². The molecule has 1 heterocycles. The molecule has 2 rings (SSSR count). The quantitative estimate of drug-likeness (QED) is 0.586. The average molecular weight is 295 g/mol. The van der Waals surface area contributed by atoms with Gasteiger partial charge in [0, 0.05) is 4.90 Å². The Kier molecular flexibility index (Phi) is 6.54. The van der Waals surface area contributed by atoms with Crippen molar-refractivity contribution in [3.05, 3.63) is 18.2 Å². The van der Waals surface area contributed by atoms with Crippen LogP contribution in [0, 0.1) is 5.92 Å². The Bertz CT molecular complexity index is 409. The van der Waals surface area contributed by atoms with Crippen molar-refractivity contribution in [3.8, 4) is 11.5 Å². The second-order valence-corrected chi connectivity index (χ2v) is 6.63. The molecule has 0 radical (unpaired) electrons. The first kappa shape index (κ1) is 15.5. The van der Waals surface area contributed by atoms with E-state index in [-0.39, 0.29) is 0 Å². The van der Waals surface area contributed by atoms with Crippen LogP contribution in [0.1, 0.15) is 26.7 Å². The van der Waals surface area contributed by atoms with Crippen LogP contribution in [0.4, 0.5) is 0 Å². The summed E-state index contributed by atoms with van der Waals surface area (Å²) in [6.45, 7) is 8.04. The molecule has 0 aromatic heterocycles. The molecule has 0 atom stereocenters. The summed E-state index contributed by atoms with van der Waals surface area (Å²) in [7, 11) is 0. The molecule has 0 amide bonds. The number of fused-ring (bicyclic) bond motifs is 1. The molecule has 0 unspecified atom stereocenters. The summed E-state index contributed by atoms with van der Waals surface area (Å²) in [6, 6.07) is 6.23. The zero-order valence-corrected chi connectivity index (χ0v) is 13.3. The van der Waals surface area contributed by atoms with Gasteiger partial charge in [0.05, 0.1) is 0 Å². The van der Waals surface area contributed by atoms with Gasteiger partial charge in [-0.15, -0.1) is 11.8 Å². The molecule has 112 valence electrons. The van der Waals surface area contributed by atoms with Crippen molar-refractivity contribution >= 4 is 11.8 Å². The number of thioether (sulfide) groups is 1.